The second-order valence-corrected chi connectivity index (χ2v) is 5.87. The first kappa shape index (κ1) is 15.3. The minimum absolute atomic E-state index is 0.0699. The number of carbonyl (C=O) groups excluding carboxylic acids is 1. The van der Waals surface area contributed by atoms with E-state index in [1.807, 2.05) is 42.5 Å². The van der Waals surface area contributed by atoms with Crippen LogP contribution in [0.4, 0.5) is 0 Å². The minimum Gasteiger partial charge on any atom is -0.496 e. The zero-order valence-electron chi connectivity index (χ0n) is 13.3. The third kappa shape index (κ3) is 3.29. The SMILES string of the molecule is COc1ccccc1/C=C/C(=O)NC1(c2ccccc2)CCC1. The Morgan fingerprint density at radius 1 is 1.09 bits per heavy atom. The molecular formula is C20H21NO2. The number of hydrogen-bond acceptors (Lipinski definition) is 2. The number of rotatable bonds is 5. The summed E-state index contributed by atoms with van der Waals surface area (Å²) < 4.78 is 5.30. The largest absolute Gasteiger partial charge is 0.496 e. The maximum Gasteiger partial charge on any atom is 0.244 e. The number of ether oxygens (including phenoxy) is 1. The Labute approximate surface area is 137 Å². The highest BCUT2D eigenvalue weighted by Crippen LogP contribution is 2.41. The molecule has 3 rings (SSSR count). The number of benzene rings is 2. The lowest BCUT2D eigenvalue weighted by Crippen LogP contribution is -2.50. The molecule has 23 heavy (non-hydrogen) atoms. The van der Waals surface area contributed by atoms with Crippen LogP contribution in [0.5, 0.6) is 5.75 Å². The lowest BCUT2D eigenvalue weighted by atomic mass is 9.72. The summed E-state index contributed by atoms with van der Waals surface area (Å²) in [6, 6.07) is 17.9. The summed E-state index contributed by atoms with van der Waals surface area (Å²) in [4.78, 5) is 12.4. The van der Waals surface area contributed by atoms with Gasteiger partial charge >= 0.3 is 0 Å². The van der Waals surface area contributed by atoms with Crippen LogP contribution >= 0.6 is 0 Å². The predicted octanol–water partition coefficient (Wildman–Crippen LogP) is 3.90. The number of nitrogens with one attached hydrogen (secondary N) is 1. The van der Waals surface area contributed by atoms with E-state index < -0.39 is 0 Å². The highest BCUT2D eigenvalue weighted by atomic mass is 16.5. The molecule has 2 aromatic carbocycles. The van der Waals surface area contributed by atoms with Gasteiger partial charge < -0.3 is 10.1 Å². The molecule has 0 atom stereocenters. The molecule has 0 unspecified atom stereocenters. The normalized spacial score (nSPS) is 15.9. The minimum atomic E-state index is -0.205. The number of carbonyl (C=O) groups is 1. The van der Waals surface area contributed by atoms with E-state index >= 15 is 0 Å². The van der Waals surface area contributed by atoms with Gasteiger partial charge in [0.2, 0.25) is 5.91 Å². The Morgan fingerprint density at radius 2 is 1.78 bits per heavy atom. The summed E-state index contributed by atoms with van der Waals surface area (Å²) >= 11 is 0. The van der Waals surface area contributed by atoms with Crippen molar-refractivity contribution in [1.29, 1.82) is 0 Å². The van der Waals surface area contributed by atoms with Crippen LogP contribution in [0.1, 0.15) is 30.4 Å². The molecule has 0 bridgehead atoms. The maximum absolute atomic E-state index is 12.4. The zero-order chi connectivity index (χ0) is 16.1. The lowest BCUT2D eigenvalue weighted by molar-refractivity contribution is -0.119. The van der Waals surface area contributed by atoms with Crippen molar-refractivity contribution in [2.45, 2.75) is 24.8 Å². The average molecular weight is 307 g/mol. The number of hydrogen-bond donors (Lipinski definition) is 1. The van der Waals surface area contributed by atoms with E-state index in [0.29, 0.717) is 0 Å². The van der Waals surface area contributed by atoms with Gasteiger partial charge in [-0.1, -0.05) is 48.5 Å². The number of para-hydroxylation sites is 1. The Morgan fingerprint density at radius 3 is 2.43 bits per heavy atom. The van der Waals surface area contributed by atoms with Crippen molar-refractivity contribution in [3.8, 4) is 5.75 Å². The van der Waals surface area contributed by atoms with Crippen LogP contribution in [-0.4, -0.2) is 13.0 Å². The van der Waals surface area contributed by atoms with Gasteiger partial charge in [-0.15, -0.1) is 0 Å². The Bertz CT molecular complexity index is 703. The molecule has 1 aliphatic carbocycles. The molecule has 118 valence electrons. The third-order valence-electron chi connectivity index (χ3n) is 4.45. The summed E-state index contributed by atoms with van der Waals surface area (Å²) in [5.74, 6) is 0.692. The molecule has 0 saturated heterocycles. The van der Waals surface area contributed by atoms with Crippen molar-refractivity contribution in [3.63, 3.8) is 0 Å². The molecule has 1 N–H and O–H groups in total. The van der Waals surface area contributed by atoms with Gasteiger partial charge in [-0.3, -0.25) is 4.79 Å². The van der Waals surface area contributed by atoms with E-state index in [9.17, 15) is 4.79 Å². The van der Waals surface area contributed by atoms with Gasteiger partial charge in [0, 0.05) is 11.6 Å². The second kappa shape index (κ2) is 6.69. The molecule has 2 aromatic rings. The van der Waals surface area contributed by atoms with E-state index in [1.165, 1.54) is 5.56 Å². The fourth-order valence-electron chi connectivity index (χ4n) is 3.02. The second-order valence-electron chi connectivity index (χ2n) is 5.87. The standard InChI is InChI=1S/C20H21NO2/c1-23-18-11-6-5-8-16(18)12-13-19(22)21-20(14-7-15-20)17-9-3-2-4-10-17/h2-6,8-13H,7,14-15H2,1H3,(H,21,22)/b13-12+. The Hall–Kier alpha value is -2.55. The molecule has 3 nitrogen and oxygen atoms in total. The van der Waals surface area contributed by atoms with Crippen molar-refractivity contribution in [2.75, 3.05) is 7.11 Å². The van der Waals surface area contributed by atoms with Crippen molar-refractivity contribution >= 4 is 12.0 Å². The van der Waals surface area contributed by atoms with Gasteiger partial charge in [0.1, 0.15) is 5.75 Å². The smallest absolute Gasteiger partial charge is 0.244 e. The molecule has 1 amide bonds. The molecule has 0 radical (unpaired) electrons. The van der Waals surface area contributed by atoms with Crippen LogP contribution in [0.2, 0.25) is 0 Å². The molecule has 3 heteroatoms. The van der Waals surface area contributed by atoms with Crippen LogP contribution in [0.3, 0.4) is 0 Å². The van der Waals surface area contributed by atoms with E-state index in [4.69, 9.17) is 4.74 Å². The molecule has 0 aromatic heterocycles. The summed E-state index contributed by atoms with van der Waals surface area (Å²) in [6.45, 7) is 0. The first-order chi connectivity index (χ1) is 11.2. The summed E-state index contributed by atoms with van der Waals surface area (Å²) in [6.07, 6.45) is 6.51. The van der Waals surface area contributed by atoms with Crippen molar-refractivity contribution in [2.24, 2.45) is 0 Å². The van der Waals surface area contributed by atoms with Gasteiger partial charge in [0.05, 0.1) is 12.6 Å². The van der Waals surface area contributed by atoms with Crippen LogP contribution < -0.4 is 10.1 Å². The molecule has 1 fully saturated rings. The van der Waals surface area contributed by atoms with Gasteiger partial charge in [-0.2, -0.15) is 0 Å². The van der Waals surface area contributed by atoms with E-state index in [-0.39, 0.29) is 11.4 Å². The number of methoxy groups -OCH3 is 1. The van der Waals surface area contributed by atoms with E-state index in [2.05, 4.69) is 17.4 Å². The van der Waals surface area contributed by atoms with Gasteiger partial charge in [-0.25, -0.2) is 0 Å². The lowest BCUT2D eigenvalue weighted by Gasteiger charge is -2.42. The van der Waals surface area contributed by atoms with Crippen molar-refractivity contribution in [3.05, 3.63) is 71.8 Å². The molecule has 0 spiro atoms. The topological polar surface area (TPSA) is 38.3 Å². The quantitative estimate of drug-likeness (QED) is 0.851. The average Bonchev–Trinajstić information content (AvgIpc) is 2.57. The zero-order valence-corrected chi connectivity index (χ0v) is 13.3. The summed E-state index contributed by atoms with van der Waals surface area (Å²) in [5, 5.41) is 3.19. The summed E-state index contributed by atoms with van der Waals surface area (Å²) in [7, 11) is 1.63. The predicted molar refractivity (Wildman–Crippen MR) is 92.1 cm³/mol. The van der Waals surface area contributed by atoms with E-state index in [0.717, 1.165) is 30.6 Å². The highest BCUT2D eigenvalue weighted by Gasteiger charge is 2.39. The maximum atomic E-state index is 12.4. The van der Waals surface area contributed by atoms with Crippen molar-refractivity contribution in [1.82, 2.24) is 5.32 Å². The van der Waals surface area contributed by atoms with Crippen molar-refractivity contribution < 1.29 is 9.53 Å². The molecule has 0 heterocycles. The third-order valence-corrected chi connectivity index (χ3v) is 4.45. The van der Waals surface area contributed by atoms with Crippen LogP contribution in [-0.2, 0) is 10.3 Å². The fourth-order valence-corrected chi connectivity index (χ4v) is 3.02. The van der Waals surface area contributed by atoms with E-state index in [1.54, 1.807) is 19.3 Å². The van der Waals surface area contributed by atoms with Gasteiger partial charge in [-0.05, 0) is 37.0 Å². The Balaban J connectivity index is 1.73. The molecular weight excluding hydrogens is 286 g/mol. The summed E-state index contributed by atoms with van der Waals surface area (Å²) in [5.41, 5.74) is 1.88. The van der Waals surface area contributed by atoms with Crippen LogP contribution in [0.25, 0.3) is 6.08 Å². The first-order valence-electron chi connectivity index (χ1n) is 7.92. The van der Waals surface area contributed by atoms with Crippen LogP contribution in [0.15, 0.2) is 60.7 Å². The molecule has 1 saturated carbocycles. The number of amides is 1. The first-order valence-corrected chi connectivity index (χ1v) is 7.92. The van der Waals surface area contributed by atoms with Gasteiger partial charge in [0.25, 0.3) is 0 Å². The molecule has 0 aliphatic heterocycles. The monoisotopic (exact) mass is 307 g/mol. The van der Waals surface area contributed by atoms with Gasteiger partial charge in [0.15, 0.2) is 0 Å². The fraction of sp³-hybridized carbons (Fsp3) is 0.250. The Kier molecular flexibility index (Phi) is 4.47. The van der Waals surface area contributed by atoms with Crippen LogP contribution in [0, 0.1) is 0 Å². The highest BCUT2D eigenvalue weighted by molar-refractivity contribution is 5.92. The molecule has 1 aliphatic rings.